The lowest BCUT2D eigenvalue weighted by atomic mass is 10.0. The standard InChI is InChI=1S/C17H21N3O3/c1-11(2)10-15(17(22)23)18-16(21)13-4-6-14(7-5-13)20-9-8-12(3)19-20/h4-9,11,15H,10H2,1-3H3,(H,18,21)(H,22,23). The molecule has 0 aliphatic rings. The van der Waals surface area contributed by atoms with Crippen molar-refractivity contribution >= 4 is 11.9 Å². The molecule has 0 aliphatic heterocycles. The molecule has 0 saturated heterocycles. The van der Waals surface area contributed by atoms with Gasteiger partial charge in [0.1, 0.15) is 6.04 Å². The molecule has 0 bridgehead atoms. The minimum atomic E-state index is -1.02. The monoisotopic (exact) mass is 315 g/mol. The molecule has 1 atom stereocenters. The van der Waals surface area contributed by atoms with Gasteiger partial charge in [0.15, 0.2) is 0 Å². The Kier molecular flexibility index (Phi) is 5.16. The maximum absolute atomic E-state index is 12.2. The quantitative estimate of drug-likeness (QED) is 0.857. The summed E-state index contributed by atoms with van der Waals surface area (Å²) in [5.41, 5.74) is 2.17. The van der Waals surface area contributed by atoms with Gasteiger partial charge in [-0.2, -0.15) is 5.10 Å². The fraction of sp³-hybridized carbons (Fsp3) is 0.353. The number of nitrogens with zero attached hydrogens (tertiary/aromatic N) is 2. The van der Waals surface area contributed by atoms with Crippen LogP contribution in [-0.2, 0) is 4.79 Å². The Hall–Kier alpha value is -2.63. The number of carboxylic acid groups (broad SMARTS) is 1. The second-order valence-electron chi connectivity index (χ2n) is 5.94. The minimum absolute atomic E-state index is 0.182. The van der Waals surface area contributed by atoms with Crippen LogP contribution in [0.5, 0.6) is 0 Å². The molecule has 122 valence electrons. The van der Waals surface area contributed by atoms with E-state index in [1.807, 2.05) is 33.0 Å². The molecule has 1 aromatic carbocycles. The summed E-state index contributed by atoms with van der Waals surface area (Å²) in [4.78, 5) is 23.4. The molecule has 0 spiro atoms. The van der Waals surface area contributed by atoms with Crippen LogP contribution in [0.2, 0.25) is 0 Å². The van der Waals surface area contributed by atoms with Gasteiger partial charge in [-0.25, -0.2) is 9.48 Å². The summed E-state index contributed by atoms with van der Waals surface area (Å²) in [7, 11) is 0. The zero-order valence-corrected chi connectivity index (χ0v) is 13.5. The van der Waals surface area contributed by atoms with E-state index in [0.29, 0.717) is 12.0 Å². The second kappa shape index (κ2) is 7.09. The minimum Gasteiger partial charge on any atom is -0.480 e. The van der Waals surface area contributed by atoms with Gasteiger partial charge < -0.3 is 10.4 Å². The van der Waals surface area contributed by atoms with Crippen molar-refractivity contribution in [2.24, 2.45) is 5.92 Å². The Morgan fingerprint density at radius 1 is 1.22 bits per heavy atom. The number of hydrogen-bond donors (Lipinski definition) is 2. The molecule has 0 radical (unpaired) electrons. The van der Waals surface area contributed by atoms with E-state index in [2.05, 4.69) is 10.4 Å². The van der Waals surface area contributed by atoms with E-state index in [1.54, 1.807) is 28.9 Å². The zero-order chi connectivity index (χ0) is 17.0. The predicted molar refractivity (Wildman–Crippen MR) is 86.6 cm³/mol. The van der Waals surface area contributed by atoms with Gasteiger partial charge in [0.25, 0.3) is 5.91 Å². The topological polar surface area (TPSA) is 84.2 Å². The molecule has 0 aliphatic carbocycles. The van der Waals surface area contributed by atoms with Crippen LogP contribution in [0.4, 0.5) is 0 Å². The molecule has 1 aromatic heterocycles. The van der Waals surface area contributed by atoms with Crippen LogP contribution in [-0.4, -0.2) is 32.8 Å². The Labute approximate surface area is 135 Å². The van der Waals surface area contributed by atoms with E-state index in [-0.39, 0.29) is 11.8 Å². The molecule has 0 saturated carbocycles. The summed E-state index contributed by atoms with van der Waals surface area (Å²) >= 11 is 0. The van der Waals surface area contributed by atoms with Crippen molar-refractivity contribution in [2.75, 3.05) is 0 Å². The van der Waals surface area contributed by atoms with Crippen molar-refractivity contribution in [1.82, 2.24) is 15.1 Å². The maximum Gasteiger partial charge on any atom is 0.326 e. The average Bonchev–Trinajstić information content (AvgIpc) is 2.92. The molecular weight excluding hydrogens is 294 g/mol. The molecule has 1 heterocycles. The predicted octanol–water partition coefficient (Wildman–Crippen LogP) is 2.41. The van der Waals surface area contributed by atoms with Gasteiger partial charge in [-0.15, -0.1) is 0 Å². The number of benzene rings is 1. The third kappa shape index (κ3) is 4.42. The van der Waals surface area contributed by atoms with Crippen LogP contribution in [0.15, 0.2) is 36.5 Å². The third-order valence-corrected chi connectivity index (χ3v) is 3.43. The first kappa shape index (κ1) is 16.7. The van der Waals surface area contributed by atoms with E-state index in [9.17, 15) is 14.7 Å². The smallest absolute Gasteiger partial charge is 0.326 e. The number of hydrogen-bond acceptors (Lipinski definition) is 3. The number of carbonyl (C=O) groups is 2. The highest BCUT2D eigenvalue weighted by molar-refractivity contribution is 5.96. The molecule has 2 N–H and O–H groups in total. The highest BCUT2D eigenvalue weighted by Gasteiger charge is 2.21. The summed E-state index contributed by atoms with van der Waals surface area (Å²) in [6.07, 6.45) is 2.24. The first-order valence-electron chi connectivity index (χ1n) is 7.53. The maximum atomic E-state index is 12.2. The summed E-state index contributed by atoms with van der Waals surface area (Å²) in [5.74, 6) is -1.22. The summed E-state index contributed by atoms with van der Waals surface area (Å²) < 4.78 is 1.72. The number of aryl methyl sites for hydroxylation is 1. The Balaban J connectivity index is 2.09. The van der Waals surface area contributed by atoms with E-state index in [1.165, 1.54) is 0 Å². The lowest BCUT2D eigenvalue weighted by molar-refractivity contribution is -0.139. The van der Waals surface area contributed by atoms with Crippen LogP contribution in [0.3, 0.4) is 0 Å². The molecule has 23 heavy (non-hydrogen) atoms. The molecule has 0 fully saturated rings. The van der Waals surface area contributed by atoms with Crippen molar-refractivity contribution < 1.29 is 14.7 Å². The lowest BCUT2D eigenvalue weighted by Crippen LogP contribution is -2.41. The largest absolute Gasteiger partial charge is 0.480 e. The molecular formula is C17H21N3O3. The van der Waals surface area contributed by atoms with Gasteiger partial charge in [-0.05, 0) is 49.6 Å². The van der Waals surface area contributed by atoms with Gasteiger partial charge >= 0.3 is 5.97 Å². The molecule has 2 rings (SSSR count). The van der Waals surface area contributed by atoms with Gasteiger partial charge in [0.05, 0.1) is 11.4 Å². The fourth-order valence-electron chi connectivity index (χ4n) is 2.26. The van der Waals surface area contributed by atoms with Crippen LogP contribution >= 0.6 is 0 Å². The highest BCUT2D eigenvalue weighted by atomic mass is 16.4. The Bertz CT molecular complexity index is 689. The van der Waals surface area contributed by atoms with Crippen molar-refractivity contribution in [3.8, 4) is 5.69 Å². The number of aromatic nitrogens is 2. The number of carbonyl (C=O) groups excluding carboxylic acids is 1. The van der Waals surface area contributed by atoms with Gasteiger partial charge in [-0.1, -0.05) is 13.8 Å². The third-order valence-electron chi connectivity index (χ3n) is 3.43. The highest BCUT2D eigenvalue weighted by Crippen LogP contribution is 2.11. The first-order chi connectivity index (χ1) is 10.9. The van der Waals surface area contributed by atoms with Gasteiger partial charge in [0, 0.05) is 11.8 Å². The Morgan fingerprint density at radius 2 is 1.87 bits per heavy atom. The van der Waals surface area contributed by atoms with Crippen LogP contribution in [0, 0.1) is 12.8 Å². The molecule has 2 aromatic rings. The van der Waals surface area contributed by atoms with Crippen molar-refractivity contribution in [2.45, 2.75) is 33.2 Å². The molecule has 6 nitrogen and oxygen atoms in total. The number of aliphatic carboxylic acids is 1. The van der Waals surface area contributed by atoms with Crippen molar-refractivity contribution in [1.29, 1.82) is 0 Å². The summed E-state index contributed by atoms with van der Waals surface area (Å²) in [6, 6.07) is 7.89. The van der Waals surface area contributed by atoms with Crippen LogP contribution in [0.1, 0.15) is 36.3 Å². The van der Waals surface area contributed by atoms with Crippen molar-refractivity contribution in [3.63, 3.8) is 0 Å². The van der Waals surface area contributed by atoms with E-state index in [4.69, 9.17) is 0 Å². The van der Waals surface area contributed by atoms with E-state index >= 15 is 0 Å². The van der Waals surface area contributed by atoms with Crippen LogP contribution in [0.25, 0.3) is 5.69 Å². The van der Waals surface area contributed by atoms with E-state index < -0.39 is 12.0 Å². The number of rotatable bonds is 6. The molecule has 1 unspecified atom stereocenters. The van der Waals surface area contributed by atoms with Crippen LogP contribution < -0.4 is 5.32 Å². The second-order valence-corrected chi connectivity index (χ2v) is 5.94. The van der Waals surface area contributed by atoms with E-state index in [0.717, 1.165) is 11.4 Å². The summed E-state index contributed by atoms with van der Waals surface area (Å²) in [6.45, 7) is 5.74. The molecule has 6 heteroatoms. The summed E-state index contributed by atoms with van der Waals surface area (Å²) in [5, 5.41) is 16.1. The van der Waals surface area contributed by atoms with Crippen molar-refractivity contribution in [3.05, 3.63) is 47.8 Å². The van der Waals surface area contributed by atoms with Gasteiger partial charge in [0.2, 0.25) is 0 Å². The lowest BCUT2D eigenvalue weighted by Gasteiger charge is -2.16. The number of amides is 1. The zero-order valence-electron chi connectivity index (χ0n) is 13.5. The average molecular weight is 315 g/mol. The van der Waals surface area contributed by atoms with Gasteiger partial charge in [-0.3, -0.25) is 4.79 Å². The number of nitrogens with one attached hydrogen (secondary N) is 1. The Morgan fingerprint density at radius 3 is 2.35 bits per heavy atom. The number of carboxylic acids is 1. The molecule has 1 amide bonds. The SMILES string of the molecule is Cc1ccn(-c2ccc(C(=O)NC(CC(C)C)C(=O)O)cc2)n1. The normalized spacial score (nSPS) is 12.2. The fourth-order valence-corrected chi connectivity index (χ4v) is 2.26. The first-order valence-corrected chi connectivity index (χ1v) is 7.53.